The SMILES string of the molecule is CC1COC(I)OC1. The van der Waals surface area contributed by atoms with Crippen molar-refractivity contribution in [3.8, 4) is 0 Å². The Hall–Kier alpha value is 0.650. The summed E-state index contributed by atoms with van der Waals surface area (Å²) in [7, 11) is 0. The fourth-order valence-corrected chi connectivity index (χ4v) is 0.991. The maximum atomic E-state index is 5.15. The Morgan fingerprint density at radius 2 is 1.88 bits per heavy atom. The first kappa shape index (κ1) is 6.77. The fourth-order valence-electron chi connectivity index (χ4n) is 0.576. The minimum Gasteiger partial charge on any atom is -0.344 e. The third kappa shape index (κ3) is 1.87. The Balaban J connectivity index is 2.19. The lowest BCUT2D eigenvalue weighted by Gasteiger charge is -2.22. The molecule has 3 heteroatoms. The average Bonchev–Trinajstić information content (AvgIpc) is 1.77. The Labute approximate surface area is 62.7 Å². The largest absolute Gasteiger partial charge is 0.344 e. The minimum atomic E-state index is -0.0104. The van der Waals surface area contributed by atoms with E-state index in [1.54, 1.807) is 0 Å². The Morgan fingerprint density at radius 3 is 2.25 bits per heavy atom. The van der Waals surface area contributed by atoms with Crippen LogP contribution in [0.15, 0.2) is 0 Å². The van der Waals surface area contributed by atoms with Crippen molar-refractivity contribution in [1.29, 1.82) is 0 Å². The van der Waals surface area contributed by atoms with Crippen molar-refractivity contribution in [2.75, 3.05) is 13.2 Å². The van der Waals surface area contributed by atoms with E-state index in [9.17, 15) is 0 Å². The Bertz CT molecular complexity index is 58.8. The molecule has 0 aliphatic carbocycles. The third-order valence-electron chi connectivity index (χ3n) is 1.02. The van der Waals surface area contributed by atoms with Crippen molar-refractivity contribution in [2.24, 2.45) is 5.92 Å². The summed E-state index contributed by atoms with van der Waals surface area (Å²) in [4.78, 5) is 0. The fraction of sp³-hybridized carbons (Fsp3) is 1.00. The lowest BCUT2D eigenvalue weighted by Crippen LogP contribution is -2.26. The highest BCUT2D eigenvalue weighted by Gasteiger charge is 2.14. The van der Waals surface area contributed by atoms with E-state index in [4.69, 9.17) is 9.47 Å². The number of halogens is 1. The monoisotopic (exact) mass is 228 g/mol. The standard InChI is InChI=1S/C5H9IO2/c1-4-2-7-5(6)8-3-4/h4-5H,2-3H2,1H3. The van der Waals surface area contributed by atoms with Crippen LogP contribution in [0.1, 0.15) is 6.92 Å². The van der Waals surface area contributed by atoms with E-state index in [-0.39, 0.29) is 4.30 Å². The molecule has 0 bridgehead atoms. The van der Waals surface area contributed by atoms with Gasteiger partial charge in [-0.25, -0.2) is 0 Å². The second-order valence-corrected chi connectivity index (χ2v) is 3.06. The zero-order chi connectivity index (χ0) is 5.98. The average molecular weight is 228 g/mol. The number of alkyl halides is 1. The normalized spacial score (nSPS) is 39.8. The summed E-state index contributed by atoms with van der Waals surface area (Å²) >= 11 is 2.12. The van der Waals surface area contributed by atoms with E-state index in [2.05, 4.69) is 29.5 Å². The second kappa shape index (κ2) is 2.98. The lowest BCUT2D eigenvalue weighted by atomic mass is 10.2. The van der Waals surface area contributed by atoms with Crippen LogP contribution in [0.3, 0.4) is 0 Å². The molecule has 1 aliphatic heterocycles. The van der Waals surface area contributed by atoms with Crippen LogP contribution < -0.4 is 0 Å². The van der Waals surface area contributed by atoms with Crippen molar-refractivity contribution < 1.29 is 9.47 Å². The zero-order valence-corrected chi connectivity index (χ0v) is 6.92. The van der Waals surface area contributed by atoms with Crippen LogP contribution >= 0.6 is 22.6 Å². The molecule has 2 nitrogen and oxygen atoms in total. The molecule has 1 heterocycles. The van der Waals surface area contributed by atoms with Crippen LogP contribution in [-0.2, 0) is 9.47 Å². The van der Waals surface area contributed by atoms with Crippen molar-refractivity contribution >= 4 is 22.6 Å². The van der Waals surface area contributed by atoms with Gasteiger partial charge in [-0.2, -0.15) is 0 Å². The molecule has 1 rings (SSSR count). The number of rotatable bonds is 0. The molecule has 1 aliphatic rings. The molecule has 0 atom stereocenters. The highest BCUT2D eigenvalue weighted by Crippen LogP contribution is 2.14. The molecule has 0 aromatic carbocycles. The van der Waals surface area contributed by atoms with E-state index in [1.807, 2.05) is 0 Å². The highest BCUT2D eigenvalue weighted by atomic mass is 127. The molecule has 0 spiro atoms. The first-order chi connectivity index (χ1) is 3.79. The molecule has 1 saturated heterocycles. The summed E-state index contributed by atoms with van der Waals surface area (Å²) in [6, 6.07) is 0. The summed E-state index contributed by atoms with van der Waals surface area (Å²) in [5.74, 6) is 0.570. The third-order valence-corrected chi connectivity index (χ3v) is 1.74. The molecule has 0 N–H and O–H groups in total. The summed E-state index contributed by atoms with van der Waals surface area (Å²) in [6.07, 6.45) is 0. The molecular weight excluding hydrogens is 219 g/mol. The van der Waals surface area contributed by atoms with Gasteiger partial charge in [0, 0.05) is 5.92 Å². The Kier molecular flexibility index (Phi) is 2.52. The van der Waals surface area contributed by atoms with Crippen LogP contribution in [0.2, 0.25) is 0 Å². The molecular formula is C5H9IO2. The topological polar surface area (TPSA) is 18.5 Å². The van der Waals surface area contributed by atoms with Gasteiger partial charge in [0.25, 0.3) is 0 Å². The van der Waals surface area contributed by atoms with Crippen LogP contribution in [-0.4, -0.2) is 17.5 Å². The van der Waals surface area contributed by atoms with Gasteiger partial charge in [-0.3, -0.25) is 0 Å². The highest BCUT2D eigenvalue weighted by molar-refractivity contribution is 14.1. The number of ether oxygens (including phenoxy) is 2. The molecule has 0 saturated carbocycles. The second-order valence-electron chi connectivity index (χ2n) is 2.05. The summed E-state index contributed by atoms with van der Waals surface area (Å²) in [5, 5.41) is 0. The van der Waals surface area contributed by atoms with Gasteiger partial charge >= 0.3 is 0 Å². The molecule has 0 aromatic rings. The molecule has 1 fully saturated rings. The van der Waals surface area contributed by atoms with Crippen LogP contribution in [0.25, 0.3) is 0 Å². The molecule has 48 valence electrons. The van der Waals surface area contributed by atoms with Gasteiger partial charge in [-0.1, -0.05) is 6.92 Å². The van der Waals surface area contributed by atoms with Crippen molar-refractivity contribution in [3.05, 3.63) is 0 Å². The van der Waals surface area contributed by atoms with Crippen LogP contribution in [0, 0.1) is 5.92 Å². The van der Waals surface area contributed by atoms with Gasteiger partial charge in [0.2, 0.25) is 4.30 Å². The summed E-state index contributed by atoms with van der Waals surface area (Å²) < 4.78 is 10.3. The molecule has 0 aromatic heterocycles. The van der Waals surface area contributed by atoms with Crippen molar-refractivity contribution in [1.82, 2.24) is 0 Å². The molecule has 8 heavy (non-hydrogen) atoms. The van der Waals surface area contributed by atoms with Gasteiger partial charge in [-0.05, 0) is 22.6 Å². The Morgan fingerprint density at radius 1 is 1.38 bits per heavy atom. The smallest absolute Gasteiger partial charge is 0.210 e. The van der Waals surface area contributed by atoms with Gasteiger partial charge in [0.1, 0.15) is 0 Å². The van der Waals surface area contributed by atoms with Crippen LogP contribution in [0.4, 0.5) is 0 Å². The predicted molar refractivity (Wildman–Crippen MR) is 38.9 cm³/mol. The van der Waals surface area contributed by atoms with Gasteiger partial charge in [0.15, 0.2) is 0 Å². The van der Waals surface area contributed by atoms with E-state index in [1.165, 1.54) is 0 Å². The first-order valence-corrected chi connectivity index (χ1v) is 3.91. The van der Waals surface area contributed by atoms with Crippen molar-refractivity contribution in [2.45, 2.75) is 11.2 Å². The van der Waals surface area contributed by atoms with E-state index >= 15 is 0 Å². The van der Waals surface area contributed by atoms with E-state index in [0.29, 0.717) is 5.92 Å². The first-order valence-electron chi connectivity index (χ1n) is 2.66. The predicted octanol–water partition coefficient (Wildman–Crippen LogP) is 1.39. The summed E-state index contributed by atoms with van der Waals surface area (Å²) in [6.45, 7) is 3.80. The summed E-state index contributed by atoms with van der Waals surface area (Å²) in [5.41, 5.74) is 0. The van der Waals surface area contributed by atoms with Crippen molar-refractivity contribution in [3.63, 3.8) is 0 Å². The number of hydrogen-bond acceptors (Lipinski definition) is 2. The molecule has 0 radical (unpaired) electrons. The minimum absolute atomic E-state index is 0.0104. The van der Waals surface area contributed by atoms with E-state index in [0.717, 1.165) is 13.2 Å². The van der Waals surface area contributed by atoms with Gasteiger partial charge < -0.3 is 9.47 Å². The maximum Gasteiger partial charge on any atom is 0.210 e. The van der Waals surface area contributed by atoms with Gasteiger partial charge in [-0.15, -0.1) is 0 Å². The zero-order valence-electron chi connectivity index (χ0n) is 4.76. The van der Waals surface area contributed by atoms with E-state index < -0.39 is 0 Å². The quantitative estimate of drug-likeness (QED) is 0.460. The number of hydrogen-bond donors (Lipinski definition) is 0. The van der Waals surface area contributed by atoms with Crippen LogP contribution in [0.5, 0.6) is 0 Å². The lowest BCUT2D eigenvalue weighted by molar-refractivity contribution is -0.135. The maximum absolute atomic E-state index is 5.15. The molecule has 0 unspecified atom stereocenters. The molecule has 0 amide bonds. The van der Waals surface area contributed by atoms with Gasteiger partial charge in [0.05, 0.1) is 13.2 Å².